The van der Waals surface area contributed by atoms with E-state index in [0.717, 1.165) is 22.2 Å². The molecule has 0 N–H and O–H groups in total. The number of ether oxygens (including phenoxy) is 1. The number of nitrogens with zero attached hydrogens (tertiary/aromatic N) is 3. The van der Waals surface area contributed by atoms with Crippen LogP contribution < -0.4 is 9.04 Å². The number of amides is 1. The van der Waals surface area contributed by atoms with Crippen LogP contribution in [0.5, 0.6) is 5.75 Å². The lowest BCUT2D eigenvalue weighted by molar-refractivity contribution is -0.131. The lowest BCUT2D eigenvalue weighted by atomic mass is 9.98. The summed E-state index contributed by atoms with van der Waals surface area (Å²) in [6.07, 6.45) is 0.518. The molecular formula is C28H23N3O4S. The van der Waals surface area contributed by atoms with Gasteiger partial charge in [-0.05, 0) is 40.8 Å². The van der Waals surface area contributed by atoms with Crippen molar-refractivity contribution in [3.8, 4) is 5.75 Å². The number of hydrogen-bond acceptors (Lipinski definition) is 5. The van der Waals surface area contributed by atoms with Crippen LogP contribution in [0.4, 0.5) is 5.69 Å². The Labute approximate surface area is 209 Å². The highest BCUT2D eigenvalue weighted by Gasteiger charge is 2.40. The highest BCUT2D eigenvalue weighted by atomic mass is 32.2. The Hall–Kier alpha value is -4.17. The van der Waals surface area contributed by atoms with E-state index in [0.29, 0.717) is 23.2 Å². The van der Waals surface area contributed by atoms with Crippen LogP contribution in [0.15, 0.2) is 101 Å². The van der Waals surface area contributed by atoms with Crippen molar-refractivity contribution in [3.05, 3.63) is 102 Å². The molecule has 0 saturated carbocycles. The average Bonchev–Trinajstić information content (AvgIpc) is 3.45. The molecule has 2 heterocycles. The van der Waals surface area contributed by atoms with Crippen molar-refractivity contribution in [2.75, 3.05) is 18.0 Å². The molecule has 0 spiro atoms. The van der Waals surface area contributed by atoms with Crippen molar-refractivity contribution in [1.82, 2.24) is 5.01 Å². The van der Waals surface area contributed by atoms with E-state index in [1.165, 1.54) is 9.31 Å². The van der Waals surface area contributed by atoms with E-state index in [2.05, 4.69) is 0 Å². The molecule has 0 saturated heterocycles. The number of benzene rings is 4. The standard InChI is InChI=1S/C28H23N3O4S/c1-35-22-15-13-20(14-16-22)25-17-23(19-7-3-2-4-8-19)29-31(25)27(32)18-30-24-11-5-9-21-10-6-12-26(28(21)24)36(30,33)34/h2-16,25H,17-18H2,1H3/t25-/m0/s1. The molecule has 0 aliphatic carbocycles. The fraction of sp³-hybridized carbons (Fsp3) is 0.143. The second-order valence-corrected chi connectivity index (χ2v) is 10.6. The molecule has 4 aromatic rings. The largest absolute Gasteiger partial charge is 0.497 e. The van der Waals surface area contributed by atoms with E-state index in [4.69, 9.17) is 9.84 Å². The third-order valence-corrected chi connectivity index (χ3v) is 8.54. The molecule has 0 radical (unpaired) electrons. The molecule has 0 unspecified atom stereocenters. The first-order valence-electron chi connectivity index (χ1n) is 11.6. The molecule has 2 aliphatic rings. The van der Waals surface area contributed by atoms with Crippen LogP contribution in [-0.4, -0.2) is 38.7 Å². The van der Waals surface area contributed by atoms with Gasteiger partial charge < -0.3 is 4.74 Å². The van der Waals surface area contributed by atoms with E-state index < -0.39 is 15.9 Å². The van der Waals surface area contributed by atoms with Crippen molar-refractivity contribution in [2.24, 2.45) is 5.10 Å². The fourth-order valence-corrected chi connectivity index (χ4v) is 6.61. The molecule has 8 heteroatoms. The summed E-state index contributed by atoms with van der Waals surface area (Å²) in [6, 6.07) is 27.5. The van der Waals surface area contributed by atoms with Crippen LogP contribution in [0.3, 0.4) is 0 Å². The summed E-state index contributed by atoms with van der Waals surface area (Å²) in [5.41, 5.74) is 3.12. The Balaban J connectivity index is 1.37. The summed E-state index contributed by atoms with van der Waals surface area (Å²) in [5.74, 6) is 0.322. The van der Waals surface area contributed by atoms with Crippen LogP contribution >= 0.6 is 0 Å². The molecule has 6 rings (SSSR count). The van der Waals surface area contributed by atoms with Gasteiger partial charge in [-0.2, -0.15) is 5.10 Å². The molecule has 0 aromatic heterocycles. The molecule has 1 atom stereocenters. The van der Waals surface area contributed by atoms with Crippen molar-refractivity contribution < 1.29 is 17.9 Å². The first kappa shape index (κ1) is 22.3. The number of hydrogen-bond donors (Lipinski definition) is 0. The maximum Gasteiger partial charge on any atom is 0.265 e. The minimum atomic E-state index is -3.86. The summed E-state index contributed by atoms with van der Waals surface area (Å²) >= 11 is 0. The first-order valence-corrected chi connectivity index (χ1v) is 13.0. The van der Waals surface area contributed by atoms with Gasteiger partial charge in [0.15, 0.2) is 0 Å². The number of carbonyl (C=O) groups is 1. The summed E-state index contributed by atoms with van der Waals surface area (Å²) in [6.45, 7) is -0.339. The molecule has 2 aliphatic heterocycles. The number of rotatable bonds is 5. The molecule has 4 aromatic carbocycles. The van der Waals surface area contributed by atoms with Crippen molar-refractivity contribution >= 4 is 38.1 Å². The van der Waals surface area contributed by atoms with Gasteiger partial charge in [0.25, 0.3) is 15.9 Å². The zero-order valence-electron chi connectivity index (χ0n) is 19.5. The Kier molecular flexibility index (Phi) is 5.26. The third kappa shape index (κ3) is 3.53. The van der Waals surface area contributed by atoms with Crippen LogP contribution in [0.2, 0.25) is 0 Å². The van der Waals surface area contributed by atoms with Crippen LogP contribution in [0.25, 0.3) is 10.8 Å². The fourth-order valence-electron chi connectivity index (χ4n) is 4.95. The maximum absolute atomic E-state index is 13.7. The average molecular weight is 498 g/mol. The minimum absolute atomic E-state index is 0.227. The van der Waals surface area contributed by atoms with Gasteiger partial charge in [-0.1, -0.05) is 66.7 Å². The molecule has 0 bridgehead atoms. The number of methoxy groups -OCH3 is 1. The predicted octanol–water partition coefficient (Wildman–Crippen LogP) is 4.74. The van der Waals surface area contributed by atoms with Gasteiger partial charge in [-0.25, -0.2) is 13.4 Å². The Bertz CT molecular complexity index is 1610. The van der Waals surface area contributed by atoms with Gasteiger partial charge in [0.2, 0.25) is 0 Å². The number of anilines is 1. The predicted molar refractivity (Wildman–Crippen MR) is 139 cm³/mol. The van der Waals surface area contributed by atoms with Gasteiger partial charge >= 0.3 is 0 Å². The van der Waals surface area contributed by atoms with Gasteiger partial charge in [0, 0.05) is 11.8 Å². The maximum atomic E-state index is 13.7. The van der Waals surface area contributed by atoms with E-state index in [1.54, 1.807) is 31.4 Å². The lowest BCUT2D eigenvalue weighted by Crippen LogP contribution is -2.39. The number of hydrazone groups is 1. The van der Waals surface area contributed by atoms with Crippen molar-refractivity contribution in [3.63, 3.8) is 0 Å². The van der Waals surface area contributed by atoms with Crippen LogP contribution in [-0.2, 0) is 14.8 Å². The Morgan fingerprint density at radius 2 is 1.67 bits per heavy atom. The summed E-state index contributed by atoms with van der Waals surface area (Å²) in [5, 5.41) is 7.60. The second kappa shape index (κ2) is 8.49. The SMILES string of the molecule is COc1ccc([C@@H]2CC(c3ccccc3)=NN2C(=O)CN2c3cccc4cccc(c34)S2(=O)=O)cc1. The lowest BCUT2D eigenvalue weighted by Gasteiger charge is -2.25. The van der Waals surface area contributed by atoms with Gasteiger partial charge in [-0.3, -0.25) is 9.10 Å². The topological polar surface area (TPSA) is 79.3 Å². The smallest absolute Gasteiger partial charge is 0.265 e. The van der Waals surface area contributed by atoms with Gasteiger partial charge in [0.1, 0.15) is 12.3 Å². The zero-order valence-corrected chi connectivity index (χ0v) is 20.4. The quantitative estimate of drug-likeness (QED) is 0.399. The van der Waals surface area contributed by atoms with Crippen LogP contribution in [0, 0.1) is 0 Å². The van der Waals surface area contributed by atoms with E-state index >= 15 is 0 Å². The van der Waals surface area contributed by atoms with E-state index in [-0.39, 0.29) is 17.5 Å². The number of carbonyl (C=O) groups excluding carboxylic acids is 1. The molecular weight excluding hydrogens is 474 g/mol. The van der Waals surface area contributed by atoms with Gasteiger partial charge in [0.05, 0.1) is 29.4 Å². The Morgan fingerprint density at radius 3 is 2.39 bits per heavy atom. The minimum Gasteiger partial charge on any atom is -0.497 e. The number of sulfonamides is 1. The zero-order chi connectivity index (χ0) is 24.9. The molecule has 180 valence electrons. The summed E-state index contributed by atoms with van der Waals surface area (Å²) in [7, 11) is -2.26. The highest BCUT2D eigenvalue weighted by Crippen LogP contribution is 2.42. The highest BCUT2D eigenvalue weighted by molar-refractivity contribution is 7.93. The monoisotopic (exact) mass is 497 g/mol. The molecule has 1 amide bonds. The van der Waals surface area contributed by atoms with Crippen LogP contribution in [0.1, 0.15) is 23.6 Å². The Morgan fingerprint density at radius 1 is 0.944 bits per heavy atom. The first-order chi connectivity index (χ1) is 17.5. The molecule has 0 fully saturated rings. The normalized spacial score (nSPS) is 17.9. The second-order valence-electron chi connectivity index (χ2n) is 8.79. The van der Waals surface area contributed by atoms with E-state index in [9.17, 15) is 13.2 Å². The van der Waals surface area contributed by atoms with Crippen molar-refractivity contribution in [2.45, 2.75) is 17.4 Å². The molecule has 36 heavy (non-hydrogen) atoms. The van der Waals surface area contributed by atoms with Gasteiger partial charge in [-0.15, -0.1) is 0 Å². The molecule has 7 nitrogen and oxygen atoms in total. The summed E-state index contributed by atoms with van der Waals surface area (Å²) in [4.78, 5) is 14.0. The third-order valence-electron chi connectivity index (χ3n) is 6.73. The van der Waals surface area contributed by atoms with Crippen molar-refractivity contribution in [1.29, 1.82) is 0 Å². The summed E-state index contributed by atoms with van der Waals surface area (Å²) < 4.78 is 33.3. The van der Waals surface area contributed by atoms with E-state index in [1.807, 2.05) is 66.7 Å².